The molecule has 0 radical (unpaired) electrons. The molecule has 0 amide bonds. The van der Waals surface area contributed by atoms with E-state index in [1.165, 1.54) is 32.5 Å². The highest BCUT2D eigenvalue weighted by molar-refractivity contribution is 8.26. The van der Waals surface area contributed by atoms with Crippen molar-refractivity contribution in [3.8, 4) is 22.3 Å². The third kappa shape index (κ3) is 3.06. The van der Waals surface area contributed by atoms with Crippen LogP contribution in [0.5, 0.6) is 0 Å². The molecule has 192 valence electrons. The molecule has 5 aromatic carbocycles. The highest BCUT2D eigenvalue weighted by atomic mass is 32.4. The monoisotopic (exact) mass is 559 g/mol. The van der Waals surface area contributed by atoms with Gasteiger partial charge in [-0.3, -0.25) is 9.38 Å². The van der Waals surface area contributed by atoms with Crippen molar-refractivity contribution in [2.24, 2.45) is 0 Å². The van der Waals surface area contributed by atoms with Crippen LogP contribution in [0.3, 0.4) is 0 Å². The summed E-state index contributed by atoms with van der Waals surface area (Å²) in [6, 6.07) is 40.9. The number of benzene rings is 5. The Morgan fingerprint density at radius 3 is 2.05 bits per heavy atom. The lowest BCUT2D eigenvalue weighted by Gasteiger charge is -2.23. The normalized spacial score (nSPS) is 13.7. The van der Waals surface area contributed by atoms with Gasteiger partial charge in [0.05, 0.1) is 16.6 Å². The molecular formula is C36H22N3PS. The van der Waals surface area contributed by atoms with Gasteiger partial charge in [0.25, 0.3) is 0 Å². The second-order valence-electron chi connectivity index (χ2n) is 10.6. The van der Waals surface area contributed by atoms with Crippen LogP contribution in [-0.4, -0.2) is 14.4 Å². The Balaban J connectivity index is 1.37. The van der Waals surface area contributed by atoms with Crippen LogP contribution in [0.25, 0.3) is 60.6 Å². The van der Waals surface area contributed by atoms with Crippen molar-refractivity contribution in [2.45, 2.75) is 0 Å². The predicted molar refractivity (Wildman–Crippen MR) is 176 cm³/mol. The molecule has 0 spiro atoms. The quantitative estimate of drug-likeness (QED) is 0.161. The summed E-state index contributed by atoms with van der Waals surface area (Å²) >= 11 is 6.77. The molecule has 4 heterocycles. The summed E-state index contributed by atoms with van der Waals surface area (Å²) in [6.45, 7) is 0. The molecule has 0 saturated heterocycles. The SMILES string of the molecule is S=P1(c2cnccc2-c2ccc3c4ccccc4c4nc5ccccc5n4c3c2)c2ccccc2-c2ccccc21. The molecule has 1 aliphatic heterocycles. The number of pyridine rings is 2. The van der Waals surface area contributed by atoms with Gasteiger partial charge >= 0.3 is 0 Å². The van der Waals surface area contributed by atoms with E-state index < -0.39 is 6.04 Å². The lowest BCUT2D eigenvalue weighted by molar-refractivity contribution is 1.31. The van der Waals surface area contributed by atoms with E-state index in [1.54, 1.807) is 0 Å². The first kappa shape index (κ1) is 23.1. The highest BCUT2D eigenvalue weighted by Gasteiger charge is 2.37. The number of rotatable bonds is 2. The zero-order valence-corrected chi connectivity index (χ0v) is 23.6. The maximum absolute atomic E-state index is 6.77. The van der Waals surface area contributed by atoms with Gasteiger partial charge in [-0.05, 0) is 51.9 Å². The Bertz CT molecular complexity index is 2370. The number of fused-ring (bicyclic) bond motifs is 11. The molecule has 5 heteroatoms. The van der Waals surface area contributed by atoms with Gasteiger partial charge in [-0.1, -0.05) is 109 Å². The van der Waals surface area contributed by atoms with E-state index in [1.807, 2.05) is 12.4 Å². The second-order valence-corrected chi connectivity index (χ2v) is 14.9. The molecular weight excluding hydrogens is 537 g/mol. The third-order valence-corrected chi connectivity index (χ3v) is 13.4. The van der Waals surface area contributed by atoms with Crippen molar-refractivity contribution >= 4 is 72.1 Å². The number of nitrogens with zero attached hydrogens (tertiary/aromatic N) is 3. The minimum atomic E-state index is -2.33. The summed E-state index contributed by atoms with van der Waals surface area (Å²) in [5.41, 5.74) is 8.99. The van der Waals surface area contributed by atoms with Gasteiger partial charge in [0.15, 0.2) is 0 Å². The fourth-order valence-electron chi connectivity index (χ4n) is 6.70. The van der Waals surface area contributed by atoms with Crippen LogP contribution < -0.4 is 15.9 Å². The molecule has 0 aliphatic carbocycles. The zero-order chi connectivity index (χ0) is 27.1. The first-order chi connectivity index (χ1) is 20.2. The predicted octanol–water partition coefficient (Wildman–Crippen LogP) is 7.59. The number of hydrogen-bond donors (Lipinski definition) is 0. The van der Waals surface area contributed by atoms with Crippen LogP contribution >= 0.6 is 6.04 Å². The molecule has 0 N–H and O–H groups in total. The van der Waals surface area contributed by atoms with Crippen LogP contribution in [0.1, 0.15) is 0 Å². The van der Waals surface area contributed by atoms with Gasteiger partial charge in [0.2, 0.25) is 0 Å². The lowest BCUT2D eigenvalue weighted by atomic mass is 10.0. The smallest absolute Gasteiger partial charge is 0.146 e. The Kier molecular flexibility index (Phi) is 4.76. The topological polar surface area (TPSA) is 30.2 Å². The number of imidazole rings is 1. The summed E-state index contributed by atoms with van der Waals surface area (Å²) in [7, 11) is 0. The van der Waals surface area contributed by atoms with E-state index in [-0.39, 0.29) is 0 Å². The van der Waals surface area contributed by atoms with Gasteiger partial charge in [0.1, 0.15) is 5.65 Å². The van der Waals surface area contributed by atoms with Crippen LogP contribution in [0.4, 0.5) is 0 Å². The average Bonchev–Trinajstić information content (AvgIpc) is 3.56. The molecule has 0 saturated carbocycles. The maximum atomic E-state index is 6.77. The van der Waals surface area contributed by atoms with Gasteiger partial charge in [-0.25, -0.2) is 4.98 Å². The molecule has 41 heavy (non-hydrogen) atoms. The summed E-state index contributed by atoms with van der Waals surface area (Å²) in [5, 5.41) is 7.20. The van der Waals surface area contributed by atoms with Gasteiger partial charge < -0.3 is 0 Å². The van der Waals surface area contributed by atoms with Crippen LogP contribution in [0.2, 0.25) is 0 Å². The third-order valence-electron chi connectivity index (χ3n) is 8.48. The van der Waals surface area contributed by atoms with Crippen molar-refractivity contribution in [3.63, 3.8) is 0 Å². The number of aromatic nitrogens is 3. The van der Waals surface area contributed by atoms with E-state index in [9.17, 15) is 0 Å². The molecule has 0 unspecified atom stereocenters. The van der Waals surface area contributed by atoms with E-state index in [4.69, 9.17) is 16.8 Å². The van der Waals surface area contributed by atoms with Crippen molar-refractivity contribution < 1.29 is 0 Å². The van der Waals surface area contributed by atoms with Crippen LogP contribution in [0, 0.1) is 0 Å². The Morgan fingerprint density at radius 1 is 0.561 bits per heavy atom. The average molecular weight is 560 g/mol. The number of hydrogen-bond acceptors (Lipinski definition) is 3. The van der Waals surface area contributed by atoms with Gasteiger partial charge in [-0.2, -0.15) is 0 Å². The van der Waals surface area contributed by atoms with Crippen LogP contribution in [-0.2, 0) is 11.8 Å². The van der Waals surface area contributed by atoms with Crippen molar-refractivity contribution in [1.29, 1.82) is 0 Å². The molecule has 0 bridgehead atoms. The second kappa shape index (κ2) is 8.44. The minimum Gasteiger partial charge on any atom is -0.292 e. The fraction of sp³-hybridized carbons (Fsp3) is 0. The largest absolute Gasteiger partial charge is 0.292 e. The summed E-state index contributed by atoms with van der Waals surface area (Å²) in [5.74, 6) is 0. The number of para-hydroxylation sites is 2. The van der Waals surface area contributed by atoms with E-state index in [0.29, 0.717) is 0 Å². The van der Waals surface area contributed by atoms with Crippen molar-refractivity contribution in [1.82, 2.24) is 14.4 Å². The highest BCUT2D eigenvalue weighted by Crippen LogP contribution is 2.53. The summed E-state index contributed by atoms with van der Waals surface area (Å²) < 4.78 is 2.32. The lowest BCUT2D eigenvalue weighted by Crippen LogP contribution is -2.22. The van der Waals surface area contributed by atoms with Gasteiger partial charge in [-0.15, -0.1) is 0 Å². The summed E-state index contributed by atoms with van der Waals surface area (Å²) in [6.07, 6.45) is 3.91. The molecule has 3 nitrogen and oxygen atoms in total. The molecule has 3 aromatic heterocycles. The fourth-order valence-corrected chi connectivity index (χ4v) is 11.3. The maximum Gasteiger partial charge on any atom is 0.146 e. The van der Waals surface area contributed by atoms with Gasteiger partial charge in [0, 0.05) is 45.1 Å². The van der Waals surface area contributed by atoms with E-state index in [0.717, 1.165) is 44.0 Å². The van der Waals surface area contributed by atoms with E-state index >= 15 is 0 Å². The first-order valence-corrected chi connectivity index (χ1v) is 16.5. The van der Waals surface area contributed by atoms with E-state index in [2.05, 4.69) is 131 Å². The molecule has 0 fully saturated rings. The minimum absolute atomic E-state index is 0.979. The van der Waals surface area contributed by atoms with Crippen LogP contribution in [0.15, 0.2) is 134 Å². The van der Waals surface area contributed by atoms with Crippen molar-refractivity contribution in [2.75, 3.05) is 0 Å². The van der Waals surface area contributed by atoms with Crippen molar-refractivity contribution in [3.05, 3.63) is 134 Å². The molecule has 1 aliphatic rings. The summed E-state index contributed by atoms with van der Waals surface area (Å²) in [4.78, 5) is 9.72. The molecule has 0 atom stereocenters. The Hall–Kier alpha value is -4.63. The Labute approximate surface area is 241 Å². The molecule has 8 aromatic rings. The standard InChI is InChI=1S/C36H22N3PS/c41-40(33-15-7-3-10-27(33)28-11-4-8-16-34(28)40)35-22-37-20-19-24(35)23-17-18-26-25-9-1-2-12-29(25)36-38-30-13-5-6-14-31(30)39(36)32(26)21-23/h1-22H. The molecule has 9 rings (SSSR count). The zero-order valence-electron chi connectivity index (χ0n) is 21.9. The first-order valence-electron chi connectivity index (χ1n) is 13.7. The Morgan fingerprint density at radius 2 is 1.24 bits per heavy atom.